The number of amides is 3. The molecule has 0 unspecified atom stereocenters. The van der Waals surface area contributed by atoms with Crippen molar-refractivity contribution in [2.75, 3.05) is 11.9 Å². The molecule has 0 aliphatic rings. The van der Waals surface area contributed by atoms with Gasteiger partial charge in [-0.15, -0.1) is 0 Å². The summed E-state index contributed by atoms with van der Waals surface area (Å²) < 4.78 is 18.4. The number of nitrogens with one attached hydrogen (secondary N) is 3. The molecule has 0 aliphatic carbocycles. The van der Waals surface area contributed by atoms with Gasteiger partial charge in [-0.3, -0.25) is 4.79 Å². The molecule has 0 radical (unpaired) electrons. The molecule has 2 aromatic carbocycles. The molecular formula is C20H24FN3O3. The van der Waals surface area contributed by atoms with Gasteiger partial charge in [0, 0.05) is 12.2 Å². The maximum atomic E-state index is 12.8. The molecule has 144 valence electrons. The molecule has 0 saturated heterocycles. The van der Waals surface area contributed by atoms with Gasteiger partial charge in [-0.1, -0.05) is 24.3 Å². The van der Waals surface area contributed by atoms with E-state index >= 15 is 0 Å². The fraction of sp³-hybridized carbons (Fsp3) is 0.300. The van der Waals surface area contributed by atoms with Crippen LogP contribution in [0.2, 0.25) is 0 Å². The van der Waals surface area contributed by atoms with Gasteiger partial charge in [0.15, 0.2) is 0 Å². The van der Waals surface area contributed by atoms with Crippen LogP contribution < -0.4 is 16.0 Å². The predicted molar refractivity (Wildman–Crippen MR) is 102 cm³/mol. The SMILES string of the molecule is CC(C)OCc1cccc(NC(=O)CNC(=O)NCc2ccc(F)cc2)c1. The summed E-state index contributed by atoms with van der Waals surface area (Å²) in [5, 5.41) is 7.81. The van der Waals surface area contributed by atoms with Crippen LogP contribution in [0.4, 0.5) is 14.9 Å². The summed E-state index contributed by atoms with van der Waals surface area (Å²) >= 11 is 0. The standard InChI is InChI=1S/C20H24FN3O3/c1-14(2)27-13-16-4-3-5-18(10-16)24-19(25)12-23-20(26)22-11-15-6-8-17(21)9-7-15/h3-10,14H,11-13H2,1-2H3,(H,24,25)(H2,22,23,26). The molecule has 7 heteroatoms. The quantitative estimate of drug-likeness (QED) is 0.665. The highest BCUT2D eigenvalue weighted by atomic mass is 19.1. The summed E-state index contributed by atoms with van der Waals surface area (Å²) in [4.78, 5) is 23.7. The van der Waals surface area contributed by atoms with Crippen LogP contribution in [0.3, 0.4) is 0 Å². The highest BCUT2D eigenvalue weighted by Crippen LogP contribution is 2.12. The lowest BCUT2D eigenvalue weighted by Crippen LogP contribution is -2.39. The van der Waals surface area contributed by atoms with Gasteiger partial charge in [0.25, 0.3) is 0 Å². The van der Waals surface area contributed by atoms with E-state index in [0.29, 0.717) is 12.3 Å². The Morgan fingerprint density at radius 3 is 2.48 bits per heavy atom. The van der Waals surface area contributed by atoms with Gasteiger partial charge in [-0.2, -0.15) is 0 Å². The van der Waals surface area contributed by atoms with Gasteiger partial charge < -0.3 is 20.7 Å². The number of urea groups is 1. The summed E-state index contributed by atoms with van der Waals surface area (Å²) in [6, 6.07) is 12.7. The number of benzene rings is 2. The van der Waals surface area contributed by atoms with Crippen LogP contribution in [0.15, 0.2) is 48.5 Å². The third kappa shape index (κ3) is 7.87. The number of anilines is 1. The second kappa shape index (κ2) is 10.3. The van der Waals surface area contributed by atoms with E-state index < -0.39 is 6.03 Å². The monoisotopic (exact) mass is 373 g/mol. The molecule has 0 spiro atoms. The van der Waals surface area contributed by atoms with Crippen molar-refractivity contribution in [2.24, 2.45) is 0 Å². The van der Waals surface area contributed by atoms with E-state index in [9.17, 15) is 14.0 Å². The Hall–Kier alpha value is -2.93. The predicted octanol–water partition coefficient (Wildman–Crippen LogP) is 3.19. The zero-order valence-electron chi connectivity index (χ0n) is 15.4. The van der Waals surface area contributed by atoms with Gasteiger partial charge in [-0.05, 0) is 49.2 Å². The fourth-order valence-electron chi connectivity index (χ4n) is 2.21. The molecule has 2 rings (SSSR count). The zero-order valence-corrected chi connectivity index (χ0v) is 15.4. The van der Waals surface area contributed by atoms with Crippen LogP contribution in [0, 0.1) is 5.82 Å². The lowest BCUT2D eigenvalue weighted by Gasteiger charge is -2.11. The minimum atomic E-state index is -0.478. The van der Waals surface area contributed by atoms with E-state index in [0.717, 1.165) is 11.1 Å². The van der Waals surface area contributed by atoms with E-state index in [4.69, 9.17) is 4.74 Å². The molecular weight excluding hydrogens is 349 g/mol. The van der Waals surface area contributed by atoms with Crippen molar-refractivity contribution in [3.05, 3.63) is 65.5 Å². The van der Waals surface area contributed by atoms with Crippen LogP contribution >= 0.6 is 0 Å². The van der Waals surface area contributed by atoms with Crippen molar-refractivity contribution in [1.82, 2.24) is 10.6 Å². The van der Waals surface area contributed by atoms with E-state index in [2.05, 4.69) is 16.0 Å². The van der Waals surface area contributed by atoms with Crippen molar-refractivity contribution in [3.63, 3.8) is 0 Å². The second-order valence-corrected chi connectivity index (χ2v) is 6.27. The molecule has 0 fully saturated rings. The average Bonchev–Trinajstić information content (AvgIpc) is 2.64. The first-order valence-corrected chi connectivity index (χ1v) is 8.69. The lowest BCUT2D eigenvalue weighted by molar-refractivity contribution is -0.115. The molecule has 0 aromatic heterocycles. The van der Waals surface area contributed by atoms with Crippen molar-refractivity contribution in [1.29, 1.82) is 0 Å². The third-order valence-electron chi connectivity index (χ3n) is 3.57. The van der Waals surface area contributed by atoms with E-state index in [1.807, 2.05) is 32.0 Å². The first kappa shape index (κ1) is 20.4. The zero-order chi connectivity index (χ0) is 19.6. The molecule has 27 heavy (non-hydrogen) atoms. The third-order valence-corrected chi connectivity index (χ3v) is 3.57. The van der Waals surface area contributed by atoms with Gasteiger partial charge in [0.05, 0.1) is 19.3 Å². The summed E-state index contributed by atoms with van der Waals surface area (Å²) in [5.41, 5.74) is 2.35. The molecule has 0 bridgehead atoms. The van der Waals surface area contributed by atoms with Crippen LogP contribution in [0.1, 0.15) is 25.0 Å². The largest absolute Gasteiger partial charge is 0.374 e. The molecule has 0 aliphatic heterocycles. The molecule has 0 saturated carbocycles. The molecule has 0 atom stereocenters. The number of carbonyl (C=O) groups excluding carboxylic acids is 2. The van der Waals surface area contributed by atoms with Gasteiger partial charge in [-0.25, -0.2) is 9.18 Å². The first-order chi connectivity index (χ1) is 12.9. The highest BCUT2D eigenvalue weighted by Gasteiger charge is 2.07. The summed E-state index contributed by atoms with van der Waals surface area (Å²) in [6.07, 6.45) is 0.126. The van der Waals surface area contributed by atoms with Crippen LogP contribution in [-0.4, -0.2) is 24.6 Å². The minimum Gasteiger partial charge on any atom is -0.374 e. The number of halogens is 1. The Morgan fingerprint density at radius 2 is 1.78 bits per heavy atom. The Kier molecular flexibility index (Phi) is 7.76. The number of rotatable bonds is 8. The minimum absolute atomic E-state index is 0.126. The molecule has 6 nitrogen and oxygen atoms in total. The number of hydrogen-bond acceptors (Lipinski definition) is 3. The Labute approximate surface area is 158 Å². The molecule has 0 heterocycles. The summed E-state index contributed by atoms with van der Waals surface area (Å²) in [6.45, 7) is 4.45. The summed E-state index contributed by atoms with van der Waals surface area (Å²) in [7, 11) is 0. The Bertz CT molecular complexity index is 763. The number of ether oxygens (including phenoxy) is 1. The van der Waals surface area contributed by atoms with Gasteiger partial charge in [0.1, 0.15) is 5.82 Å². The molecule has 3 N–H and O–H groups in total. The molecule has 2 aromatic rings. The maximum Gasteiger partial charge on any atom is 0.315 e. The van der Waals surface area contributed by atoms with E-state index in [1.54, 1.807) is 18.2 Å². The number of carbonyl (C=O) groups is 2. The Balaban J connectivity index is 1.72. The summed E-state index contributed by atoms with van der Waals surface area (Å²) in [5.74, 6) is -0.673. The highest BCUT2D eigenvalue weighted by molar-refractivity contribution is 5.94. The van der Waals surface area contributed by atoms with Crippen LogP contribution in [0.25, 0.3) is 0 Å². The van der Waals surface area contributed by atoms with Crippen molar-refractivity contribution in [2.45, 2.75) is 33.1 Å². The lowest BCUT2D eigenvalue weighted by atomic mass is 10.2. The smallest absolute Gasteiger partial charge is 0.315 e. The van der Waals surface area contributed by atoms with Crippen molar-refractivity contribution in [3.8, 4) is 0 Å². The van der Waals surface area contributed by atoms with Crippen LogP contribution in [0.5, 0.6) is 0 Å². The number of hydrogen-bond donors (Lipinski definition) is 3. The second-order valence-electron chi connectivity index (χ2n) is 6.27. The topological polar surface area (TPSA) is 79.5 Å². The van der Waals surface area contributed by atoms with Crippen molar-refractivity contribution < 1.29 is 18.7 Å². The van der Waals surface area contributed by atoms with Crippen molar-refractivity contribution >= 4 is 17.6 Å². The van der Waals surface area contributed by atoms with E-state index in [1.165, 1.54) is 12.1 Å². The normalized spacial score (nSPS) is 10.5. The van der Waals surface area contributed by atoms with E-state index in [-0.39, 0.29) is 30.9 Å². The van der Waals surface area contributed by atoms with Gasteiger partial charge >= 0.3 is 6.03 Å². The van der Waals surface area contributed by atoms with Gasteiger partial charge in [0.2, 0.25) is 5.91 Å². The molecule has 3 amide bonds. The maximum absolute atomic E-state index is 12.8. The Morgan fingerprint density at radius 1 is 1.04 bits per heavy atom. The van der Waals surface area contributed by atoms with Crippen LogP contribution in [-0.2, 0) is 22.7 Å². The fourth-order valence-corrected chi connectivity index (χ4v) is 2.21. The average molecular weight is 373 g/mol. The first-order valence-electron chi connectivity index (χ1n) is 8.69.